The number of likely N-dealkylation sites (tertiary alicyclic amines) is 1. The van der Waals surface area contributed by atoms with Crippen molar-refractivity contribution in [2.45, 2.75) is 64.5 Å². The van der Waals surface area contributed by atoms with E-state index in [0.717, 1.165) is 12.0 Å². The van der Waals surface area contributed by atoms with E-state index in [1.165, 1.54) is 58.2 Å². The molecular formula is C14H28N2. The second-order valence-electron chi connectivity index (χ2n) is 6.07. The smallest absolute Gasteiger partial charge is 0.0197 e. The second kappa shape index (κ2) is 6.02. The van der Waals surface area contributed by atoms with E-state index in [2.05, 4.69) is 24.1 Å². The molecule has 1 unspecified atom stereocenters. The van der Waals surface area contributed by atoms with Crippen molar-refractivity contribution < 1.29 is 0 Å². The maximum atomic E-state index is 3.69. The highest BCUT2D eigenvalue weighted by Crippen LogP contribution is 2.26. The number of hydrogen-bond acceptors (Lipinski definition) is 2. The van der Waals surface area contributed by atoms with E-state index in [-0.39, 0.29) is 0 Å². The molecule has 94 valence electrons. The first kappa shape index (κ1) is 12.4. The normalized spacial score (nSPS) is 29.1. The van der Waals surface area contributed by atoms with E-state index in [1.807, 2.05) is 0 Å². The van der Waals surface area contributed by atoms with Gasteiger partial charge in [-0.3, -0.25) is 0 Å². The predicted octanol–water partition coefficient (Wildman–Crippen LogP) is 2.64. The van der Waals surface area contributed by atoms with Crippen molar-refractivity contribution in [2.24, 2.45) is 5.92 Å². The zero-order chi connectivity index (χ0) is 11.4. The average molecular weight is 224 g/mol. The molecule has 16 heavy (non-hydrogen) atoms. The summed E-state index contributed by atoms with van der Waals surface area (Å²) in [5, 5.41) is 3.69. The monoisotopic (exact) mass is 224 g/mol. The lowest BCUT2D eigenvalue weighted by atomic mass is 10.0. The molecule has 1 saturated heterocycles. The predicted molar refractivity (Wildman–Crippen MR) is 69.7 cm³/mol. The van der Waals surface area contributed by atoms with Crippen molar-refractivity contribution in [3.8, 4) is 0 Å². The number of nitrogens with zero attached hydrogens (tertiary/aromatic N) is 1. The summed E-state index contributed by atoms with van der Waals surface area (Å²) < 4.78 is 0. The molecule has 0 radical (unpaired) electrons. The minimum Gasteiger partial charge on any atom is -0.311 e. The lowest BCUT2D eigenvalue weighted by Gasteiger charge is -2.35. The Bertz CT molecular complexity index is 197. The maximum Gasteiger partial charge on any atom is 0.0197 e. The summed E-state index contributed by atoms with van der Waals surface area (Å²) in [4.78, 5) is 2.71. The summed E-state index contributed by atoms with van der Waals surface area (Å²) in [5.74, 6) is 1.01. The molecule has 0 aromatic rings. The van der Waals surface area contributed by atoms with E-state index in [0.29, 0.717) is 6.04 Å². The molecule has 1 saturated carbocycles. The van der Waals surface area contributed by atoms with E-state index >= 15 is 0 Å². The summed E-state index contributed by atoms with van der Waals surface area (Å²) in [6, 6.07) is 1.38. The van der Waals surface area contributed by atoms with E-state index in [9.17, 15) is 0 Å². The Morgan fingerprint density at radius 1 is 1.12 bits per heavy atom. The van der Waals surface area contributed by atoms with Crippen LogP contribution in [0.25, 0.3) is 0 Å². The van der Waals surface area contributed by atoms with E-state index in [1.54, 1.807) is 0 Å². The van der Waals surface area contributed by atoms with Crippen LogP contribution in [-0.2, 0) is 0 Å². The largest absolute Gasteiger partial charge is 0.311 e. The van der Waals surface area contributed by atoms with Gasteiger partial charge in [0.2, 0.25) is 0 Å². The Labute approximate surface area is 101 Å². The van der Waals surface area contributed by atoms with Crippen LogP contribution in [-0.4, -0.2) is 36.6 Å². The fraction of sp³-hybridized carbons (Fsp3) is 1.00. The lowest BCUT2D eigenvalue weighted by Crippen LogP contribution is -2.48. The molecular weight excluding hydrogens is 196 g/mol. The molecule has 0 aromatic carbocycles. The molecule has 2 fully saturated rings. The topological polar surface area (TPSA) is 15.3 Å². The van der Waals surface area contributed by atoms with Gasteiger partial charge < -0.3 is 10.2 Å². The van der Waals surface area contributed by atoms with Crippen LogP contribution in [0.1, 0.15) is 52.4 Å². The van der Waals surface area contributed by atoms with Crippen LogP contribution in [0.3, 0.4) is 0 Å². The maximum absolute atomic E-state index is 3.69. The molecule has 2 nitrogen and oxygen atoms in total. The van der Waals surface area contributed by atoms with E-state index < -0.39 is 0 Å². The van der Waals surface area contributed by atoms with Gasteiger partial charge in [-0.1, -0.05) is 26.7 Å². The van der Waals surface area contributed by atoms with Crippen LogP contribution in [0.15, 0.2) is 0 Å². The number of piperidine rings is 1. The van der Waals surface area contributed by atoms with Crippen LogP contribution >= 0.6 is 0 Å². The standard InChI is InChI=1S/C14H28N2/c1-12(2)15-14-8-5-9-16(11-14)10-13-6-3-4-7-13/h12-15H,3-11H2,1-2H3. The number of rotatable bonds is 4. The van der Waals surface area contributed by atoms with Crippen molar-refractivity contribution in [3.63, 3.8) is 0 Å². The van der Waals surface area contributed by atoms with Gasteiger partial charge in [0.25, 0.3) is 0 Å². The van der Waals surface area contributed by atoms with Gasteiger partial charge in [-0.15, -0.1) is 0 Å². The first-order valence-electron chi connectivity index (χ1n) is 7.22. The molecule has 1 N–H and O–H groups in total. The molecule has 2 heteroatoms. The number of hydrogen-bond donors (Lipinski definition) is 1. The van der Waals surface area contributed by atoms with Crippen LogP contribution in [0, 0.1) is 5.92 Å². The molecule has 1 aliphatic heterocycles. The van der Waals surface area contributed by atoms with Gasteiger partial charge in [-0.2, -0.15) is 0 Å². The fourth-order valence-electron chi connectivity index (χ4n) is 3.39. The van der Waals surface area contributed by atoms with Crippen molar-refractivity contribution in [1.29, 1.82) is 0 Å². The minimum atomic E-state index is 0.636. The van der Waals surface area contributed by atoms with E-state index in [4.69, 9.17) is 0 Å². The molecule has 0 aromatic heterocycles. The average Bonchev–Trinajstić information content (AvgIpc) is 2.70. The Morgan fingerprint density at radius 2 is 1.88 bits per heavy atom. The highest BCUT2D eigenvalue weighted by atomic mass is 15.2. The fourth-order valence-corrected chi connectivity index (χ4v) is 3.39. The third-order valence-corrected chi connectivity index (χ3v) is 4.07. The highest BCUT2D eigenvalue weighted by Gasteiger charge is 2.23. The zero-order valence-electron chi connectivity index (χ0n) is 11.0. The highest BCUT2D eigenvalue weighted by molar-refractivity contribution is 4.81. The molecule has 2 rings (SSSR count). The van der Waals surface area contributed by atoms with Gasteiger partial charge in [0.1, 0.15) is 0 Å². The molecule has 1 atom stereocenters. The van der Waals surface area contributed by atoms with Crippen molar-refractivity contribution in [1.82, 2.24) is 10.2 Å². The molecule has 0 bridgehead atoms. The van der Waals surface area contributed by atoms with Crippen LogP contribution in [0.2, 0.25) is 0 Å². The Balaban J connectivity index is 1.72. The van der Waals surface area contributed by atoms with Crippen molar-refractivity contribution in [2.75, 3.05) is 19.6 Å². The summed E-state index contributed by atoms with van der Waals surface area (Å²) in [6.07, 6.45) is 8.69. The summed E-state index contributed by atoms with van der Waals surface area (Å²) in [7, 11) is 0. The Kier molecular flexibility index (Phi) is 4.66. The third-order valence-electron chi connectivity index (χ3n) is 4.07. The van der Waals surface area contributed by atoms with Gasteiger partial charge in [-0.05, 0) is 38.1 Å². The van der Waals surface area contributed by atoms with Crippen LogP contribution in [0.4, 0.5) is 0 Å². The SMILES string of the molecule is CC(C)NC1CCCN(CC2CCCC2)C1. The van der Waals surface area contributed by atoms with Gasteiger partial charge in [-0.25, -0.2) is 0 Å². The zero-order valence-corrected chi connectivity index (χ0v) is 11.0. The van der Waals surface area contributed by atoms with Crippen LogP contribution in [0.5, 0.6) is 0 Å². The quantitative estimate of drug-likeness (QED) is 0.790. The summed E-state index contributed by atoms with van der Waals surface area (Å²) >= 11 is 0. The third kappa shape index (κ3) is 3.74. The summed E-state index contributed by atoms with van der Waals surface area (Å²) in [5.41, 5.74) is 0. The number of nitrogens with one attached hydrogen (secondary N) is 1. The Morgan fingerprint density at radius 3 is 2.56 bits per heavy atom. The molecule has 0 amide bonds. The lowest BCUT2D eigenvalue weighted by molar-refractivity contribution is 0.162. The van der Waals surface area contributed by atoms with Gasteiger partial charge in [0.15, 0.2) is 0 Å². The van der Waals surface area contributed by atoms with Gasteiger partial charge >= 0.3 is 0 Å². The van der Waals surface area contributed by atoms with Crippen LogP contribution < -0.4 is 5.32 Å². The summed E-state index contributed by atoms with van der Waals surface area (Å²) in [6.45, 7) is 8.52. The van der Waals surface area contributed by atoms with Gasteiger partial charge in [0.05, 0.1) is 0 Å². The molecule has 0 spiro atoms. The Hall–Kier alpha value is -0.0800. The molecule has 1 aliphatic carbocycles. The van der Waals surface area contributed by atoms with Crippen molar-refractivity contribution in [3.05, 3.63) is 0 Å². The second-order valence-corrected chi connectivity index (χ2v) is 6.07. The molecule has 2 aliphatic rings. The van der Waals surface area contributed by atoms with Crippen molar-refractivity contribution >= 4 is 0 Å². The minimum absolute atomic E-state index is 0.636. The van der Waals surface area contributed by atoms with Gasteiger partial charge in [0, 0.05) is 25.2 Å². The molecule has 1 heterocycles. The first-order valence-corrected chi connectivity index (χ1v) is 7.22. The first-order chi connectivity index (χ1) is 7.74.